The zero-order chi connectivity index (χ0) is 24.9. The molecule has 0 radical (unpaired) electrons. The summed E-state index contributed by atoms with van der Waals surface area (Å²) in [5, 5.41) is 16.5. The van der Waals surface area contributed by atoms with Crippen molar-refractivity contribution in [2.24, 2.45) is 4.99 Å². The van der Waals surface area contributed by atoms with Gasteiger partial charge in [0.25, 0.3) is 5.69 Å². The molecule has 1 heterocycles. The van der Waals surface area contributed by atoms with Gasteiger partial charge in [-0.05, 0) is 54.8 Å². The summed E-state index contributed by atoms with van der Waals surface area (Å²) in [6, 6.07) is 15.6. The molecule has 9 heteroatoms. The van der Waals surface area contributed by atoms with E-state index in [9.17, 15) is 14.9 Å². The van der Waals surface area contributed by atoms with Crippen LogP contribution in [0.5, 0.6) is 11.5 Å². The van der Waals surface area contributed by atoms with Crippen molar-refractivity contribution in [3.63, 3.8) is 0 Å². The number of nitro groups is 1. The van der Waals surface area contributed by atoms with E-state index in [2.05, 4.69) is 10.6 Å². The highest BCUT2D eigenvalue weighted by Gasteiger charge is 2.19. The lowest BCUT2D eigenvalue weighted by Gasteiger charge is -2.20. The minimum atomic E-state index is -0.484. The molecule has 0 spiro atoms. The Labute approximate surface area is 202 Å². The van der Waals surface area contributed by atoms with Crippen molar-refractivity contribution in [1.29, 1.82) is 0 Å². The average molecular weight is 475 g/mol. The minimum Gasteiger partial charge on any atom is -0.493 e. The number of nitrogens with one attached hydrogen (secondary N) is 2. The maximum Gasteiger partial charge on any atom is 0.323 e. The molecular formula is C26H26N4O5. The van der Waals surface area contributed by atoms with Crippen LogP contribution < -0.4 is 20.1 Å². The predicted octanol–water partition coefficient (Wildman–Crippen LogP) is 5.15. The first kappa shape index (κ1) is 23.7. The molecule has 2 N–H and O–H groups in total. The summed E-state index contributed by atoms with van der Waals surface area (Å²) in [6.45, 7) is 2.36. The fraction of sp³-hybridized carbons (Fsp3) is 0.231. The predicted molar refractivity (Wildman–Crippen MR) is 135 cm³/mol. The van der Waals surface area contributed by atoms with Gasteiger partial charge in [-0.2, -0.15) is 0 Å². The molecule has 0 bridgehead atoms. The highest BCUT2D eigenvalue weighted by Crippen LogP contribution is 2.33. The van der Waals surface area contributed by atoms with Gasteiger partial charge >= 0.3 is 6.03 Å². The molecule has 35 heavy (non-hydrogen) atoms. The monoisotopic (exact) mass is 474 g/mol. The highest BCUT2D eigenvalue weighted by atomic mass is 16.6. The summed E-state index contributed by atoms with van der Waals surface area (Å²) in [6.07, 6.45) is 1.49. The number of nitro benzene ring substituents is 1. The highest BCUT2D eigenvalue weighted by molar-refractivity contribution is 6.04. The number of nitrogens with zero attached hydrogens (tertiary/aromatic N) is 2. The summed E-state index contributed by atoms with van der Waals surface area (Å²) >= 11 is 0. The third-order valence-electron chi connectivity index (χ3n) is 5.85. The largest absolute Gasteiger partial charge is 0.493 e. The fourth-order valence-corrected chi connectivity index (χ4v) is 4.02. The summed E-state index contributed by atoms with van der Waals surface area (Å²) in [7, 11) is 3.24. The number of amides is 2. The van der Waals surface area contributed by atoms with E-state index in [1.165, 1.54) is 11.6 Å². The van der Waals surface area contributed by atoms with E-state index in [-0.39, 0.29) is 5.69 Å². The van der Waals surface area contributed by atoms with Crippen LogP contribution in [0.4, 0.5) is 21.9 Å². The number of urea groups is 1. The van der Waals surface area contributed by atoms with Gasteiger partial charge < -0.3 is 20.1 Å². The Bertz CT molecular complexity index is 1300. The van der Waals surface area contributed by atoms with Crippen LogP contribution in [0.25, 0.3) is 0 Å². The number of rotatable bonds is 7. The van der Waals surface area contributed by atoms with E-state index in [1.807, 2.05) is 36.4 Å². The summed E-state index contributed by atoms with van der Waals surface area (Å²) in [5.74, 6) is 1.38. The van der Waals surface area contributed by atoms with Gasteiger partial charge in [-0.3, -0.25) is 15.1 Å². The maximum absolute atomic E-state index is 12.4. The molecule has 0 saturated carbocycles. The van der Waals surface area contributed by atoms with Crippen molar-refractivity contribution in [2.45, 2.75) is 19.8 Å². The second kappa shape index (κ2) is 10.3. The number of benzene rings is 3. The van der Waals surface area contributed by atoms with E-state index >= 15 is 0 Å². The Morgan fingerprint density at radius 1 is 1.00 bits per heavy atom. The molecule has 0 aliphatic carbocycles. The van der Waals surface area contributed by atoms with Gasteiger partial charge in [0.15, 0.2) is 11.5 Å². The second-order valence-corrected chi connectivity index (χ2v) is 8.15. The van der Waals surface area contributed by atoms with Crippen LogP contribution in [0.15, 0.2) is 59.6 Å². The number of hydrogen-bond donors (Lipinski definition) is 2. The van der Waals surface area contributed by atoms with Gasteiger partial charge in [0, 0.05) is 47.2 Å². The lowest BCUT2D eigenvalue weighted by Crippen LogP contribution is -2.19. The molecular weight excluding hydrogens is 448 g/mol. The van der Waals surface area contributed by atoms with Crippen molar-refractivity contribution in [3.05, 3.63) is 87.0 Å². The van der Waals surface area contributed by atoms with E-state index in [0.717, 1.165) is 29.8 Å². The third kappa shape index (κ3) is 5.40. The molecule has 4 rings (SSSR count). The molecule has 3 aromatic rings. The van der Waals surface area contributed by atoms with Crippen LogP contribution in [0, 0.1) is 17.0 Å². The van der Waals surface area contributed by atoms with Crippen LogP contribution in [0.3, 0.4) is 0 Å². The SMILES string of the molecule is COc1cc2c(cc1OC)C(Cc1ccc(NC(=O)Nc3ccc(C)c([N+](=O)[O-])c3)cc1)=NCC2. The Hall–Kier alpha value is -4.40. The zero-order valence-corrected chi connectivity index (χ0v) is 19.8. The number of carbonyl (C=O) groups excluding carboxylic acids is 1. The molecule has 3 aromatic carbocycles. The maximum atomic E-state index is 12.4. The Morgan fingerprint density at radius 3 is 2.34 bits per heavy atom. The summed E-state index contributed by atoms with van der Waals surface area (Å²) < 4.78 is 10.9. The molecule has 0 unspecified atom stereocenters. The Morgan fingerprint density at radius 2 is 1.66 bits per heavy atom. The lowest BCUT2D eigenvalue weighted by atomic mass is 9.93. The number of aliphatic imine (C=N–C) groups is 1. The van der Waals surface area contributed by atoms with Crippen molar-refractivity contribution in [3.8, 4) is 11.5 Å². The van der Waals surface area contributed by atoms with Gasteiger partial charge in [-0.25, -0.2) is 4.79 Å². The van der Waals surface area contributed by atoms with E-state index in [0.29, 0.717) is 34.9 Å². The number of anilines is 2. The van der Waals surface area contributed by atoms with Gasteiger partial charge in [-0.1, -0.05) is 18.2 Å². The van der Waals surface area contributed by atoms with Crippen LogP contribution in [0.1, 0.15) is 22.3 Å². The van der Waals surface area contributed by atoms with Gasteiger partial charge in [0.05, 0.1) is 19.1 Å². The molecule has 9 nitrogen and oxygen atoms in total. The first-order valence-electron chi connectivity index (χ1n) is 11.1. The number of methoxy groups -OCH3 is 2. The number of fused-ring (bicyclic) bond motifs is 1. The molecule has 0 atom stereocenters. The zero-order valence-electron chi connectivity index (χ0n) is 19.8. The normalized spacial score (nSPS) is 12.3. The second-order valence-electron chi connectivity index (χ2n) is 8.15. The quantitative estimate of drug-likeness (QED) is 0.363. The molecule has 1 aliphatic heterocycles. The van der Waals surface area contributed by atoms with Crippen molar-refractivity contribution < 1.29 is 19.2 Å². The lowest BCUT2D eigenvalue weighted by molar-refractivity contribution is -0.385. The van der Waals surface area contributed by atoms with Gasteiger partial charge in [-0.15, -0.1) is 0 Å². The molecule has 1 aliphatic rings. The number of carbonyl (C=O) groups is 1. The molecule has 0 saturated heterocycles. The molecule has 2 amide bonds. The average Bonchev–Trinajstić information content (AvgIpc) is 2.85. The standard InChI is InChI=1S/C26H26N4O5/c1-16-4-7-20(14-23(16)30(32)33)29-26(31)28-19-8-5-17(6-9-19)12-22-21-15-25(35-3)24(34-2)13-18(21)10-11-27-22/h4-9,13-15H,10-12H2,1-3H3,(H2,28,29,31). The smallest absolute Gasteiger partial charge is 0.323 e. The van der Waals surface area contributed by atoms with Crippen molar-refractivity contribution in [1.82, 2.24) is 0 Å². The topological polar surface area (TPSA) is 115 Å². The number of aryl methyl sites for hydroxylation is 1. The Balaban J connectivity index is 1.42. The molecule has 0 aromatic heterocycles. The summed E-state index contributed by atoms with van der Waals surface area (Å²) in [4.78, 5) is 27.7. The number of hydrogen-bond acceptors (Lipinski definition) is 6. The first-order chi connectivity index (χ1) is 16.9. The van der Waals surface area contributed by atoms with Gasteiger partial charge in [0.1, 0.15) is 0 Å². The van der Waals surface area contributed by atoms with Crippen molar-refractivity contribution in [2.75, 3.05) is 31.4 Å². The van der Waals surface area contributed by atoms with Crippen LogP contribution in [-0.4, -0.2) is 37.4 Å². The van der Waals surface area contributed by atoms with Crippen LogP contribution in [0.2, 0.25) is 0 Å². The first-order valence-corrected chi connectivity index (χ1v) is 11.1. The number of ether oxygens (including phenoxy) is 2. The van der Waals surface area contributed by atoms with E-state index in [4.69, 9.17) is 14.5 Å². The Kier molecular flexibility index (Phi) is 6.96. The van der Waals surface area contributed by atoms with E-state index in [1.54, 1.807) is 33.3 Å². The molecule has 0 fully saturated rings. The van der Waals surface area contributed by atoms with E-state index < -0.39 is 11.0 Å². The van der Waals surface area contributed by atoms with Gasteiger partial charge in [0.2, 0.25) is 0 Å². The van der Waals surface area contributed by atoms with Crippen LogP contribution >= 0.6 is 0 Å². The summed E-state index contributed by atoms with van der Waals surface area (Å²) in [5.41, 5.74) is 5.69. The minimum absolute atomic E-state index is 0.0459. The van der Waals surface area contributed by atoms with Crippen LogP contribution in [-0.2, 0) is 12.8 Å². The fourth-order valence-electron chi connectivity index (χ4n) is 4.02. The third-order valence-corrected chi connectivity index (χ3v) is 5.85. The molecule has 180 valence electrons. The van der Waals surface area contributed by atoms with Crippen molar-refractivity contribution >= 4 is 28.8 Å².